The topological polar surface area (TPSA) is 90.6 Å². The number of methoxy groups -OCH3 is 1. The molecule has 1 aliphatic heterocycles. The molecule has 2 N–H and O–H groups in total. The number of aryl methyl sites for hydroxylation is 1. The summed E-state index contributed by atoms with van der Waals surface area (Å²) >= 11 is 0. The van der Waals surface area contributed by atoms with Crippen LogP contribution in [0, 0.1) is 6.92 Å². The number of nitrogens with zero attached hydrogens (tertiary/aromatic N) is 3. The third-order valence-corrected chi connectivity index (χ3v) is 6.82. The van der Waals surface area contributed by atoms with E-state index in [1.165, 1.54) is 13.5 Å². The van der Waals surface area contributed by atoms with Crippen molar-refractivity contribution in [3.8, 4) is 5.75 Å². The Balaban J connectivity index is 1.39. The van der Waals surface area contributed by atoms with Crippen molar-refractivity contribution < 1.29 is 14.3 Å². The van der Waals surface area contributed by atoms with E-state index in [1.807, 2.05) is 37.3 Å². The van der Waals surface area contributed by atoms with E-state index < -0.39 is 0 Å². The predicted octanol–water partition coefficient (Wildman–Crippen LogP) is 5.40. The van der Waals surface area contributed by atoms with Crippen molar-refractivity contribution in [2.24, 2.45) is 0 Å². The Morgan fingerprint density at radius 1 is 1.03 bits per heavy atom. The first-order valence-electron chi connectivity index (χ1n) is 12.5. The van der Waals surface area contributed by atoms with Gasteiger partial charge in [-0.1, -0.05) is 18.2 Å². The van der Waals surface area contributed by atoms with Crippen LogP contribution in [0.25, 0.3) is 11.0 Å². The number of amides is 2. The number of benzene rings is 3. The number of nitrogens with one attached hydrogen (secondary N) is 2. The highest BCUT2D eigenvalue weighted by Crippen LogP contribution is 2.32. The maximum absolute atomic E-state index is 13.5. The number of hydrogen-bond acceptors (Lipinski definition) is 5. The second-order valence-corrected chi connectivity index (χ2v) is 9.29. The molecule has 1 saturated heterocycles. The number of H-pyrrole nitrogens is 1. The minimum Gasteiger partial charge on any atom is -0.496 e. The van der Waals surface area contributed by atoms with Gasteiger partial charge in [-0.05, 0) is 68.7 Å². The Hall–Kier alpha value is -4.33. The number of piperidine rings is 1. The third kappa shape index (κ3) is 4.87. The number of imidazole rings is 1. The van der Waals surface area contributed by atoms with Gasteiger partial charge in [0, 0.05) is 25.7 Å². The molecule has 0 radical (unpaired) electrons. The first-order chi connectivity index (χ1) is 18.0. The lowest BCUT2D eigenvalue weighted by Crippen LogP contribution is -2.33. The average Bonchev–Trinajstić information content (AvgIpc) is 3.33. The first kappa shape index (κ1) is 24.4. The molecule has 0 saturated carbocycles. The van der Waals surface area contributed by atoms with Crippen molar-refractivity contribution in [1.29, 1.82) is 0 Å². The smallest absolute Gasteiger partial charge is 0.259 e. The van der Waals surface area contributed by atoms with Crippen molar-refractivity contribution >= 4 is 39.9 Å². The summed E-state index contributed by atoms with van der Waals surface area (Å²) in [5.41, 5.74) is 4.82. The SMILES string of the molecule is COc1cc(C(=O)N(C)c2ccccc2N2CCCCC2)ccc1C(=O)Nc1cccc2[nH]c(C)nc12. The zero-order chi connectivity index (χ0) is 25.9. The van der Waals surface area contributed by atoms with Crippen molar-refractivity contribution in [1.82, 2.24) is 9.97 Å². The maximum Gasteiger partial charge on any atom is 0.259 e. The van der Waals surface area contributed by atoms with Crippen LogP contribution in [0.3, 0.4) is 0 Å². The predicted molar refractivity (Wildman–Crippen MR) is 147 cm³/mol. The van der Waals surface area contributed by atoms with Crippen LogP contribution >= 0.6 is 0 Å². The molecule has 8 heteroatoms. The Morgan fingerprint density at radius 3 is 2.59 bits per heavy atom. The van der Waals surface area contributed by atoms with Gasteiger partial charge in [-0.15, -0.1) is 0 Å². The number of aromatic amines is 1. The Morgan fingerprint density at radius 2 is 1.81 bits per heavy atom. The Kier molecular flexibility index (Phi) is 6.81. The molecule has 4 aromatic rings. The number of carbonyl (C=O) groups excluding carboxylic acids is 2. The van der Waals surface area contributed by atoms with E-state index in [4.69, 9.17) is 4.74 Å². The number of rotatable bonds is 6. The quantitative estimate of drug-likeness (QED) is 0.372. The van der Waals surface area contributed by atoms with Crippen LogP contribution in [0.5, 0.6) is 5.75 Å². The number of hydrogen-bond donors (Lipinski definition) is 2. The number of ether oxygens (including phenoxy) is 1. The summed E-state index contributed by atoms with van der Waals surface area (Å²) in [5.74, 6) is 0.578. The van der Waals surface area contributed by atoms with Gasteiger partial charge in [-0.2, -0.15) is 0 Å². The summed E-state index contributed by atoms with van der Waals surface area (Å²) in [5, 5.41) is 2.93. The van der Waals surface area contributed by atoms with Gasteiger partial charge < -0.3 is 24.8 Å². The normalized spacial score (nSPS) is 13.4. The second-order valence-electron chi connectivity index (χ2n) is 9.29. The molecule has 8 nitrogen and oxygen atoms in total. The van der Waals surface area contributed by atoms with Crippen molar-refractivity contribution in [2.75, 3.05) is 42.4 Å². The van der Waals surface area contributed by atoms with Crippen LogP contribution in [0.15, 0.2) is 60.7 Å². The Bertz CT molecular complexity index is 1460. The van der Waals surface area contributed by atoms with Crippen molar-refractivity contribution in [3.05, 3.63) is 77.6 Å². The minimum atomic E-state index is -0.340. The molecule has 2 heterocycles. The largest absolute Gasteiger partial charge is 0.496 e. The molecule has 190 valence electrons. The van der Waals surface area contributed by atoms with Gasteiger partial charge in [0.15, 0.2) is 0 Å². The fourth-order valence-electron chi connectivity index (χ4n) is 4.91. The molecule has 1 aromatic heterocycles. The van der Waals surface area contributed by atoms with E-state index in [0.717, 1.165) is 48.6 Å². The molecular weight excluding hydrogens is 466 g/mol. The van der Waals surface area contributed by atoms with Crippen molar-refractivity contribution in [3.63, 3.8) is 0 Å². The number of fused-ring (bicyclic) bond motifs is 1. The fourth-order valence-corrected chi connectivity index (χ4v) is 4.91. The lowest BCUT2D eigenvalue weighted by molar-refractivity contribution is 0.0988. The fraction of sp³-hybridized carbons (Fsp3) is 0.276. The molecule has 2 amide bonds. The summed E-state index contributed by atoms with van der Waals surface area (Å²) in [7, 11) is 3.28. The van der Waals surface area contributed by atoms with Crippen LogP contribution in [-0.4, -0.2) is 49.0 Å². The van der Waals surface area contributed by atoms with Crippen LogP contribution < -0.4 is 19.9 Å². The van der Waals surface area contributed by atoms with E-state index in [-0.39, 0.29) is 11.8 Å². The van der Waals surface area contributed by atoms with E-state index in [0.29, 0.717) is 28.1 Å². The van der Waals surface area contributed by atoms with Crippen LogP contribution in [0.1, 0.15) is 45.8 Å². The van der Waals surface area contributed by atoms with Gasteiger partial charge in [-0.25, -0.2) is 4.98 Å². The number of aromatic nitrogens is 2. The molecule has 5 rings (SSSR count). The highest BCUT2D eigenvalue weighted by Gasteiger charge is 2.23. The lowest BCUT2D eigenvalue weighted by atomic mass is 10.1. The van der Waals surface area contributed by atoms with Crippen LogP contribution in [0.2, 0.25) is 0 Å². The number of para-hydroxylation sites is 3. The molecule has 0 unspecified atom stereocenters. The zero-order valence-electron chi connectivity index (χ0n) is 21.4. The van der Waals surface area contributed by atoms with Gasteiger partial charge in [0.2, 0.25) is 0 Å². The standard InChI is InChI=1S/C29H31N5O3/c1-19-30-22-10-9-11-23(27(22)31-19)32-28(35)21-15-14-20(18-26(21)37-3)29(36)33(2)24-12-5-6-13-25(24)34-16-7-4-8-17-34/h5-6,9-15,18H,4,7-8,16-17H2,1-3H3,(H,30,31)(H,32,35). The molecule has 0 spiro atoms. The summed E-state index contributed by atoms with van der Waals surface area (Å²) in [4.78, 5) is 38.3. The van der Waals surface area contributed by atoms with Gasteiger partial charge in [0.05, 0.1) is 35.3 Å². The number of anilines is 3. The molecule has 0 bridgehead atoms. The molecule has 3 aromatic carbocycles. The molecule has 1 aliphatic rings. The highest BCUT2D eigenvalue weighted by atomic mass is 16.5. The number of carbonyl (C=O) groups is 2. The third-order valence-electron chi connectivity index (χ3n) is 6.82. The molecular formula is C29H31N5O3. The lowest BCUT2D eigenvalue weighted by Gasteiger charge is -2.32. The summed E-state index contributed by atoms with van der Waals surface area (Å²) in [6.07, 6.45) is 3.55. The second kappa shape index (κ2) is 10.3. The monoisotopic (exact) mass is 497 g/mol. The van der Waals surface area contributed by atoms with E-state index in [1.54, 1.807) is 36.2 Å². The van der Waals surface area contributed by atoms with Crippen LogP contribution in [-0.2, 0) is 0 Å². The molecule has 0 atom stereocenters. The highest BCUT2D eigenvalue weighted by molar-refractivity contribution is 6.11. The van der Waals surface area contributed by atoms with Crippen molar-refractivity contribution in [2.45, 2.75) is 26.2 Å². The minimum absolute atomic E-state index is 0.175. The first-order valence-corrected chi connectivity index (χ1v) is 12.5. The molecule has 37 heavy (non-hydrogen) atoms. The zero-order valence-corrected chi connectivity index (χ0v) is 21.4. The summed E-state index contributed by atoms with van der Waals surface area (Å²) in [6.45, 7) is 3.84. The van der Waals surface area contributed by atoms with E-state index >= 15 is 0 Å². The summed E-state index contributed by atoms with van der Waals surface area (Å²) in [6, 6.07) is 18.5. The van der Waals surface area contributed by atoms with Gasteiger partial charge >= 0.3 is 0 Å². The van der Waals surface area contributed by atoms with Gasteiger partial charge in [0.25, 0.3) is 11.8 Å². The van der Waals surface area contributed by atoms with Gasteiger partial charge in [0.1, 0.15) is 17.1 Å². The Labute approximate surface area is 216 Å². The maximum atomic E-state index is 13.5. The summed E-state index contributed by atoms with van der Waals surface area (Å²) < 4.78 is 5.53. The molecule has 0 aliphatic carbocycles. The van der Waals surface area contributed by atoms with E-state index in [9.17, 15) is 9.59 Å². The van der Waals surface area contributed by atoms with Gasteiger partial charge in [-0.3, -0.25) is 9.59 Å². The average molecular weight is 498 g/mol. The van der Waals surface area contributed by atoms with Crippen LogP contribution in [0.4, 0.5) is 17.1 Å². The van der Waals surface area contributed by atoms with E-state index in [2.05, 4.69) is 26.3 Å². The molecule has 1 fully saturated rings.